The second-order valence-corrected chi connectivity index (χ2v) is 7.61. The fourth-order valence-electron chi connectivity index (χ4n) is 2.58. The van der Waals surface area contributed by atoms with Crippen molar-refractivity contribution in [2.45, 2.75) is 11.5 Å². The Morgan fingerprint density at radius 1 is 1.00 bits per heavy atom. The average molecular weight is 403 g/mol. The van der Waals surface area contributed by atoms with Crippen LogP contribution in [0.3, 0.4) is 0 Å². The topological polar surface area (TPSA) is 92.7 Å². The first-order valence-electron chi connectivity index (χ1n) is 8.19. The van der Waals surface area contributed by atoms with E-state index in [4.69, 9.17) is 9.84 Å². The summed E-state index contributed by atoms with van der Waals surface area (Å²) in [6, 6.07) is 12.4. The van der Waals surface area contributed by atoms with Gasteiger partial charge in [-0.25, -0.2) is 4.79 Å². The SMILES string of the molecule is O=C(O)NCCOc1ccc2c(c1)CSC(=O)c1ccccc1C(=O)SC2. The molecule has 0 saturated heterocycles. The highest BCUT2D eigenvalue weighted by Gasteiger charge is 2.20. The summed E-state index contributed by atoms with van der Waals surface area (Å²) in [7, 11) is 0. The lowest BCUT2D eigenvalue weighted by molar-refractivity contribution is 0.105. The van der Waals surface area contributed by atoms with E-state index in [0.717, 1.165) is 22.9 Å². The molecule has 2 N–H and O–H groups in total. The molecule has 0 aliphatic carbocycles. The van der Waals surface area contributed by atoms with Crippen LogP contribution in [0.2, 0.25) is 0 Å². The molecule has 1 heterocycles. The molecule has 0 bridgehead atoms. The molecule has 0 fully saturated rings. The lowest BCUT2D eigenvalue weighted by Crippen LogP contribution is -2.26. The first-order valence-corrected chi connectivity index (χ1v) is 10.2. The van der Waals surface area contributed by atoms with Crippen molar-refractivity contribution in [3.63, 3.8) is 0 Å². The molecule has 1 aliphatic heterocycles. The van der Waals surface area contributed by atoms with Crippen molar-refractivity contribution in [1.82, 2.24) is 5.32 Å². The second-order valence-electron chi connectivity index (χ2n) is 5.71. The molecule has 3 rings (SSSR count). The predicted octanol–water partition coefficient (Wildman–Crippen LogP) is 3.79. The van der Waals surface area contributed by atoms with Crippen molar-refractivity contribution >= 4 is 39.8 Å². The van der Waals surface area contributed by atoms with Gasteiger partial charge in [-0.1, -0.05) is 41.7 Å². The highest BCUT2D eigenvalue weighted by molar-refractivity contribution is 8.14. The first kappa shape index (κ1) is 19.3. The summed E-state index contributed by atoms with van der Waals surface area (Å²) < 4.78 is 5.56. The van der Waals surface area contributed by atoms with Crippen molar-refractivity contribution in [1.29, 1.82) is 0 Å². The Labute approximate surface area is 164 Å². The zero-order valence-electron chi connectivity index (χ0n) is 14.3. The van der Waals surface area contributed by atoms with Crippen molar-refractivity contribution < 1.29 is 24.2 Å². The maximum absolute atomic E-state index is 12.5. The predicted molar refractivity (Wildman–Crippen MR) is 106 cm³/mol. The summed E-state index contributed by atoms with van der Waals surface area (Å²) in [5.41, 5.74) is 2.80. The highest BCUT2D eigenvalue weighted by Crippen LogP contribution is 2.31. The molecule has 27 heavy (non-hydrogen) atoms. The summed E-state index contributed by atoms with van der Waals surface area (Å²) in [6.07, 6.45) is -1.10. The van der Waals surface area contributed by atoms with Gasteiger partial charge in [0.2, 0.25) is 10.2 Å². The van der Waals surface area contributed by atoms with Crippen LogP contribution in [-0.4, -0.2) is 34.6 Å². The number of carbonyl (C=O) groups excluding carboxylic acids is 2. The quantitative estimate of drug-likeness (QED) is 0.750. The molecule has 6 nitrogen and oxygen atoms in total. The molecule has 8 heteroatoms. The Kier molecular flexibility index (Phi) is 6.41. The van der Waals surface area contributed by atoms with E-state index in [1.165, 1.54) is 11.8 Å². The lowest BCUT2D eigenvalue weighted by Gasteiger charge is -2.15. The molecule has 0 aromatic heterocycles. The molecule has 0 spiro atoms. The Morgan fingerprint density at radius 3 is 2.26 bits per heavy atom. The van der Waals surface area contributed by atoms with Crippen molar-refractivity contribution in [3.8, 4) is 5.75 Å². The number of nitrogens with one attached hydrogen (secondary N) is 1. The van der Waals surface area contributed by atoms with Crippen LogP contribution in [0.25, 0.3) is 0 Å². The molecule has 1 amide bonds. The second kappa shape index (κ2) is 8.96. The van der Waals surface area contributed by atoms with Crippen LogP contribution in [0.1, 0.15) is 31.8 Å². The van der Waals surface area contributed by atoms with E-state index in [1.807, 2.05) is 12.1 Å². The Hall–Kier alpha value is -2.45. The smallest absolute Gasteiger partial charge is 0.404 e. The third kappa shape index (κ3) is 5.05. The van der Waals surface area contributed by atoms with Gasteiger partial charge in [-0.05, 0) is 35.4 Å². The first-order chi connectivity index (χ1) is 13.0. The van der Waals surface area contributed by atoms with Crippen molar-refractivity contribution in [3.05, 3.63) is 64.7 Å². The van der Waals surface area contributed by atoms with Crippen molar-refractivity contribution in [2.24, 2.45) is 0 Å². The van der Waals surface area contributed by atoms with Gasteiger partial charge >= 0.3 is 6.09 Å². The minimum atomic E-state index is -1.10. The van der Waals surface area contributed by atoms with Crippen LogP contribution in [0, 0.1) is 0 Å². The minimum Gasteiger partial charge on any atom is -0.492 e. The van der Waals surface area contributed by atoms with Crippen LogP contribution in [0.5, 0.6) is 5.75 Å². The van der Waals surface area contributed by atoms with Gasteiger partial charge in [0.05, 0.1) is 6.54 Å². The van der Waals surface area contributed by atoms with Crippen LogP contribution < -0.4 is 10.1 Å². The third-order valence-electron chi connectivity index (χ3n) is 3.91. The average Bonchev–Trinajstić information content (AvgIpc) is 2.67. The van der Waals surface area contributed by atoms with Gasteiger partial charge in [0, 0.05) is 22.6 Å². The summed E-state index contributed by atoms with van der Waals surface area (Å²) in [6.45, 7) is 0.387. The molecular weight excluding hydrogens is 386 g/mol. The molecule has 0 unspecified atom stereocenters. The number of hydrogen-bond donors (Lipinski definition) is 2. The van der Waals surface area contributed by atoms with E-state index in [-0.39, 0.29) is 23.4 Å². The minimum absolute atomic E-state index is 0.118. The van der Waals surface area contributed by atoms with Gasteiger partial charge in [0.15, 0.2) is 0 Å². The number of thioether (sulfide) groups is 2. The molecule has 2 aromatic rings. The maximum atomic E-state index is 12.5. The van der Waals surface area contributed by atoms with Gasteiger partial charge in [0.1, 0.15) is 12.4 Å². The number of amides is 1. The number of carboxylic acid groups (broad SMARTS) is 1. The molecule has 0 saturated carbocycles. The fraction of sp³-hybridized carbons (Fsp3) is 0.211. The molecule has 2 aromatic carbocycles. The zero-order chi connectivity index (χ0) is 19.2. The highest BCUT2D eigenvalue weighted by atomic mass is 32.2. The summed E-state index contributed by atoms with van der Waals surface area (Å²) in [5.74, 6) is 1.59. The number of benzene rings is 2. The fourth-order valence-corrected chi connectivity index (χ4v) is 4.37. The number of fused-ring (bicyclic) bond motifs is 2. The van der Waals surface area contributed by atoms with Gasteiger partial charge in [-0.3, -0.25) is 9.59 Å². The van der Waals surface area contributed by atoms with Gasteiger partial charge in [0.25, 0.3) is 0 Å². The van der Waals surface area contributed by atoms with Crippen molar-refractivity contribution in [2.75, 3.05) is 13.2 Å². The summed E-state index contributed by atoms with van der Waals surface area (Å²) >= 11 is 2.33. The standard InChI is InChI=1S/C19H17NO5S2/c21-17-15-3-1-2-4-16(15)18(22)27-11-13-9-14(6-5-12(13)10-26-17)25-8-7-20-19(23)24/h1-6,9,20H,7-8,10-11H2,(H,23,24). The van der Waals surface area contributed by atoms with E-state index >= 15 is 0 Å². The maximum Gasteiger partial charge on any atom is 0.404 e. The third-order valence-corrected chi connectivity index (χ3v) is 5.78. The van der Waals surface area contributed by atoms with E-state index in [0.29, 0.717) is 28.4 Å². The Balaban J connectivity index is 1.76. The van der Waals surface area contributed by atoms with Crippen LogP contribution in [0.4, 0.5) is 4.79 Å². The number of carbonyl (C=O) groups is 3. The van der Waals surface area contributed by atoms with E-state index in [9.17, 15) is 14.4 Å². The van der Waals surface area contributed by atoms with Crippen LogP contribution >= 0.6 is 23.5 Å². The van der Waals surface area contributed by atoms with Crippen LogP contribution in [-0.2, 0) is 11.5 Å². The number of hydrogen-bond acceptors (Lipinski definition) is 6. The molecule has 0 radical (unpaired) electrons. The van der Waals surface area contributed by atoms with E-state index in [1.54, 1.807) is 30.3 Å². The Morgan fingerprint density at radius 2 is 1.63 bits per heavy atom. The monoisotopic (exact) mass is 403 g/mol. The number of rotatable bonds is 4. The van der Waals surface area contributed by atoms with Gasteiger partial charge in [-0.2, -0.15) is 0 Å². The normalized spacial score (nSPS) is 14.1. The molecule has 1 aliphatic rings. The zero-order valence-corrected chi connectivity index (χ0v) is 15.9. The van der Waals surface area contributed by atoms with Gasteiger partial charge < -0.3 is 15.2 Å². The lowest BCUT2D eigenvalue weighted by atomic mass is 10.1. The molecule has 0 atom stereocenters. The Bertz CT molecular complexity index is 884. The van der Waals surface area contributed by atoms with Crippen LogP contribution in [0.15, 0.2) is 42.5 Å². The largest absolute Gasteiger partial charge is 0.492 e. The van der Waals surface area contributed by atoms with E-state index in [2.05, 4.69) is 5.32 Å². The molecule has 140 valence electrons. The molecular formula is C19H17NO5S2. The van der Waals surface area contributed by atoms with E-state index < -0.39 is 6.09 Å². The number of ether oxygens (including phenoxy) is 1. The summed E-state index contributed by atoms with van der Waals surface area (Å²) in [5, 5.41) is 10.5. The summed E-state index contributed by atoms with van der Waals surface area (Å²) in [4.78, 5) is 35.5. The van der Waals surface area contributed by atoms with Gasteiger partial charge in [-0.15, -0.1) is 0 Å².